The third kappa shape index (κ3) is 79.9. The largest absolute Gasteiger partial charge is 0.472 e. The molecule has 0 aromatic heterocycles. The lowest BCUT2D eigenvalue weighted by molar-refractivity contribution is -0.161. The summed E-state index contributed by atoms with van der Waals surface area (Å²) in [4.78, 5) is 69.8. The molecule has 0 heterocycles. The van der Waals surface area contributed by atoms with E-state index in [-0.39, 0.29) is 38.9 Å². The Morgan fingerprint density at radius 3 is 0.736 bits per heavy atom. The van der Waals surface area contributed by atoms with Crippen LogP contribution in [0.25, 0.3) is 0 Å². The highest BCUT2D eigenvalue weighted by molar-refractivity contribution is 7.47. The van der Waals surface area contributed by atoms with E-state index in [1.165, 1.54) is 0 Å². The Hall–Kier alpha value is -5.18. The third-order valence-corrected chi connectivity index (χ3v) is 17.6. The number of allylic oxidation sites excluding steroid dienone is 24. The van der Waals surface area contributed by atoms with Gasteiger partial charge in [0.2, 0.25) is 0 Å². The number of carbonyl (C=O) groups excluding carboxylic acids is 4. The number of aliphatic hydroxyl groups excluding tert-OH is 4. The molecule has 0 bridgehead atoms. The van der Waals surface area contributed by atoms with Crippen molar-refractivity contribution in [2.75, 3.05) is 52.9 Å². The SMILES string of the molecule is CC/C=C\C/C=C\C/C=C\CCCCCCCC(=O)OC[C@H](COP(=O)(O)OCC(O)CO)OC(=O)CCCCCCC/C=C\C/C=C\C/C=C\CC.CC/C=C\C/C=C\C/C=C\CCCCCCCC(=O)OC[C@H](COP(=O)(O)OCC(O)CO)OC(=O)CCCCCCC/C=C\C/C=C\C/C=C\CC. The molecule has 0 aromatic carbocycles. The van der Waals surface area contributed by atoms with Gasteiger partial charge in [-0.2, -0.15) is 0 Å². The minimum Gasteiger partial charge on any atom is -0.462 e. The number of hydrogen-bond donors (Lipinski definition) is 6. The van der Waals surface area contributed by atoms with Crippen molar-refractivity contribution in [2.45, 2.75) is 309 Å². The van der Waals surface area contributed by atoms with Gasteiger partial charge in [-0.05, 0) is 154 Å². The number of phosphoric acid groups is 2. The average molecular weight is 1530 g/mol. The fraction of sp³-hybridized carbons (Fsp3) is 0.667. The molecule has 20 nitrogen and oxygen atoms in total. The summed E-state index contributed by atoms with van der Waals surface area (Å²) in [5.41, 5.74) is 0. The van der Waals surface area contributed by atoms with E-state index in [1.54, 1.807) is 0 Å². The second kappa shape index (κ2) is 79.4. The number of carbonyl (C=O) groups is 4. The molecular weight excluding hydrogens is 1390 g/mol. The molecule has 0 fully saturated rings. The van der Waals surface area contributed by atoms with Gasteiger partial charge in [0.25, 0.3) is 0 Å². The van der Waals surface area contributed by atoms with Gasteiger partial charge in [-0.3, -0.25) is 37.3 Å². The summed E-state index contributed by atoms with van der Waals surface area (Å²) >= 11 is 0. The molecule has 22 heteroatoms. The van der Waals surface area contributed by atoms with Gasteiger partial charge in [-0.15, -0.1) is 0 Å². The third-order valence-electron chi connectivity index (χ3n) is 15.7. The van der Waals surface area contributed by atoms with Crippen molar-refractivity contribution in [1.29, 1.82) is 0 Å². The van der Waals surface area contributed by atoms with E-state index in [1.807, 2.05) is 0 Å². The maximum absolute atomic E-state index is 12.6. The van der Waals surface area contributed by atoms with E-state index >= 15 is 0 Å². The zero-order valence-corrected chi connectivity index (χ0v) is 67.2. The monoisotopic (exact) mass is 1530 g/mol. The standard InChI is InChI=1S/2C42H71O10P/c2*1-3-5-7-9-11-13-15-17-19-21-23-25-27-29-31-33-41(45)49-37-40(38-51-53(47,48)50-36-39(44)35-43)52-42(46)34-32-30-28-26-24-22-20-18-16-14-12-10-8-6-4-2/h2*5-8,11-14,17-20,39-40,43-44H,3-4,9-10,15-16,21-38H2,1-2H3,(H,47,48)/b2*7-5-,8-6-,13-11-,14-12-,19-17-,20-18-/t2*39?,40-/m11/s1. The zero-order chi connectivity index (χ0) is 78.2. The summed E-state index contributed by atoms with van der Waals surface area (Å²) in [7, 11) is -9.25. The van der Waals surface area contributed by atoms with Crippen LogP contribution < -0.4 is 0 Å². The summed E-state index contributed by atoms with van der Waals surface area (Å²) < 4.78 is 65.2. The Kier molecular flexibility index (Phi) is 77.0. The van der Waals surface area contributed by atoms with Gasteiger partial charge in [0.05, 0.1) is 39.6 Å². The molecule has 0 aliphatic rings. The number of esters is 4. The molecule has 4 unspecified atom stereocenters. The van der Waals surface area contributed by atoms with E-state index < -0.39 is 104 Å². The maximum atomic E-state index is 12.6. The Labute approximate surface area is 639 Å². The Balaban J connectivity index is 0. The lowest BCUT2D eigenvalue weighted by Gasteiger charge is -2.20. The lowest BCUT2D eigenvalue weighted by Crippen LogP contribution is -2.29. The summed E-state index contributed by atoms with van der Waals surface area (Å²) in [5.74, 6) is -1.95. The van der Waals surface area contributed by atoms with Gasteiger partial charge in [0.15, 0.2) is 12.2 Å². The van der Waals surface area contributed by atoms with Gasteiger partial charge in [0, 0.05) is 25.7 Å². The quantitative estimate of drug-likeness (QED) is 0.0108. The molecule has 6 N–H and O–H groups in total. The molecule has 0 amide bonds. The molecule has 0 rings (SSSR count). The summed E-state index contributed by atoms with van der Waals surface area (Å²) in [6.45, 7) is 4.17. The van der Waals surface area contributed by atoms with Crippen LogP contribution in [0.15, 0.2) is 146 Å². The van der Waals surface area contributed by atoms with Crippen LogP contribution in [0.2, 0.25) is 0 Å². The molecule has 0 spiro atoms. The van der Waals surface area contributed by atoms with E-state index in [2.05, 4.69) is 183 Å². The number of rotatable bonds is 72. The predicted octanol–water partition coefficient (Wildman–Crippen LogP) is 20.2. The summed E-state index contributed by atoms with van der Waals surface area (Å²) in [6.07, 6.45) is 83.1. The smallest absolute Gasteiger partial charge is 0.462 e. The Morgan fingerprint density at radius 1 is 0.283 bits per heavy atom. The number of unbranched alkanes of at least 4 members (excludes halogenated alkanes) is 20. The van der Waals surface area contributed by atoms with Gasteiger partial charge in [-0.1, -0.05) is 251 Å². The second-order valence-corrected chi connectivity index (χ2v) is 28.7. The second-order valence-electron chi connectivity index (χ2n) is 25.8. The molecule has 608 valence electrons. The van der Waals surface area contributed by atoms with Crippen molar-refractivity contribution < 1.29 is 95.6 Å². The molecule has 0 saturated carbocycles. The van der Waals surface area contributed by atoms with Gasteiger partial charge in [-0.25, -0.2) is 9.13 Å². The number of ether oxygens (including phenoxy) is 4. The van der Waals surface area contributed by atoms with Crippen molar-refractivity contribution in [3.8, 4) is 0 Å². The fourth-order valence-electron chi connectivity index (χ4n) is 9.69. The molecule has 0 saturated heterocycles. The molecule has 0 radical (unpaired) electrons. The van der Waals surface area contributed by atoms with Crippen molar-refractivity contribution in [1.82, 2.24) is 0 Å². The Morgan fingerprint density at radius 2 is 0.491 bits per heavy atom. The van der Waals surface area contributed by atoms with E-state index in [4.69, 9.17) is 38.2 Å². The lowest BCUT2D eigenvalue weighted by atomic mass is 10.1. The number of hydrogen-bond acceptors (Lipinski definition) is 18. The first-order valence-corrected chi connectivity index (χ1v) is 42.8. The van der Waals surface area contributed by atoms with Crippen LogP contribution >= 0.6 is 15.6 Å². The number of aliphatic hydroxyl groups is 4. The van der Waals surface area contributed by atoms with Crippen LogP contribution in [0.4, 0.5) is 0 Å². The predicted molar refractivity (Wildman–Crippen MR) is 428 cm³/mol. The molecular formula is C84H142O20P2. The van der Waals surface area contributed by atoms with Gasteiger partial charge < -0.3 is 49.2 Å². The number of phosphoric ester groups is 2. The van der Waals surface area contributed by atoms with Crippen LogP contribution in [-0.4, -0.2) is 131 Å². The fourth-order valence-corrected chi connectivity index (χ4v) is 11.3. The van der Waals surface area contributed by atoms with Gasteiger partial charge in [0.1, 0.15) is 25.4 Å². The minimum absolute atomic E-state index is 0.157. The normalized spacial score (nSPS) is 14.7. The van der Waals surface area contributed by atoms with Crippen molar-refractivity contribution in [3.63, 3.8) is 0 Å². The summed E-state index contributed by atoms with van der Waals surface area (Å²) in [5, 5.41) is 36.6. The van der Waals surface area contributed by atoms with E-state index in [0.717, 1.165) is 205 Å². The first-order valence-electron chi connectivity index (χ1n) is 39.8. The first-order chi connectivity index (χ1) is 51.5. The van der Waals surface area contributed by atoms with Crippen molar-refractivity contribution in [3.05, 3.63) is 146 Å². The molecule has 0 aliphatic carbocycles. The molecule has 0 aromatic rings. The molecule has 0 aliphatic heterocycles. The summed E-state index contributed by atoms with van der Waals surface area (Å²) in [6, 6.07) is 0. The van der Waals surface area contributed by atoms with E-state index in [0.29, 0.717) is 25.7 Å². The Bertz CT molecular complexity index is 2390. The first kappa shape index (κ1) is 103. The van der Waals surface area contributed by atoms with Crippen molar-refractivity contribution >= 4 is 39.5 Å². The van der Waals surface area contributed by atoms with E-state index in [9.17, 15) is 48.3 Å². The van der Waals surface area contributed by atoms with Gasteiger partial charge >= 0.3 is 39.5 Å². The van der Waals surface area contributed by atoms with Crippen LogP contribution in [0.1, 0.15) is 285 Å². The van der Waals surface area contributed by atoms with Crippen LogP contribution in [0.3, 0.4) is 0 Å². The molecule has 6 atom stereocenters. The average Bonchev–Trinajstić information content (AvgIpc) is 0.929. The topological polar surface area (TPSA) is 298 Å². The molecule has 106 heavy (non-hydrogen) atoms. The van der Waals surface area contributed by atoms with Crippen LogP contribution in [0, 0.1) is 0 Å². The minimum atomic E-state index is -4.63. The highest BCUT2D eigenvalue weighted by Gasteiger charge is 2.29. The maximum Gasteiger partial charge on any atom is 0.472 e. The van der Waals surface area contributed by atoms with Crippen LogP contribution in [0.5, 0.6) is 0 Å². The van der Waals surface area contributed by atoms with Crippen molar-refractivity contribution in [2.24, 2.45) is 0 Å². The van der Waals surface area contributed by atoms with Crippen LogP contribution in [-0.2, 0) is 65.4 Å². The highest BCUT2D eigenvalue weighted by Crippen LogP contribution is 2.44. The highest BCUT2D eigenvalue weighted by atomic mass is 31.2. The zero-order valence-electron chi connectivity index (χ0n) is 65.4.